The molecule has 3 aromatic carbocycles. The lowest BCUT2D eigenvalue weighted by Crippen LogP contribution is -2.74. The second-order valence-corrected chi connectivity index (χ2v) is 23.9. The van der Waals surface area contributed by atoms with Gasteiger partial charge in [0.2, 0.25) is 17.7 Å². The Labute approximate surface area is 462 Å². The molecule has 0 radical (unpaired) electrons. The molecule has 8 N–H and O–H groups in total. The summed E-state index contributed by atoms with van der Waals surface area (Å²) in [6.45, 7) is 18.8. The number of nitriles is 1. The molecule has 5 atom stereocenters. The molecule has 6 rings (SSSR count). The van der Waals surface area contributed by atoms with Crippen LogP contribution in [0.5, 0.6) is 5.75 Å². The van der Waals surface area contributed by atoms with Gasteiger partial charge in [0.05, 0.1) is 39.3 Å². The van der Waals surface area contributed by atoms with Gasteiger partial charge in [0.15, 0.2) is 0 Å². The average Bonchev–Trinajstić information content (AvgIpc) is 4.03. The largest absolute Gasteiger partial charge is 0.489 e. The Hall–Kier alpha value is -6.10. The van der Waals surface area contributed by atoms with Gasteiger partial charge >= 0.3 is 5.97 Å². The Morgan fingerprint density at radius 2 is 1.65 bits per heavy atom. The summed E-state index contributed by atoms with van der Waals surface area (Å²) in [7, 11) is 0. The van der Waals surface area contributed by atoms with Crippen LogP contribution in [0.25, 0.3) is 10.4 Å². The number of anilines is 1. The lowest BCUT2D eigenvalue weighted by Gasteiger charge is -2.63. The molecule has 1 aliphatic carbocycles. The van der Waals surface area contributed by atoms with Crippen molar-refractivity contribution in [1.29, 1.82) is 5.26 Å². The summed E-state index contributed by atoms with van der Waals surface area (Å²) in [6, 6.07) is 18.8. The molecule has 2 fully saturated rings. The number of likely N-dealkylation sites (tertiary alicyclic amines) is 1. The van der Waals surface area contributed by atoms with Crippen molar-refractivity contribution >= 4 is 58.2 Å². The summed E-state index contributed by atoms with van der Waals surface area (Å²) in [4.78, 5) is 75.5. The monoisotopic (exact) mass is 1100 g/mol. The molecular formula is C58H78ClN9O8S. The Bertz CT molecular complexity index is 2700. The highest BCUT2D eigenvalue weighted by Crippen LogP contribution is 2.55. The maximum Gasteiger partial charge on any atom is 0.323 e. The molecule has 2 aliphatic rings. The number of aryl methyl sites for hydroxylation is 1. The first kappa shape index (κ1) is 60.1. The van der Waals surface area contributed by atoms with Crippen LogP contribution >= 0.6 is 22.9 Å². The highest BCUT2D eigenvalue weighted by Gasteiger charge is 2.64. The minimum absolute atomic E-state index is 0.0539. The number of esters is 1. The van der Waals surface area contributed by atoms with Crippen LogP contribution in [0.4, 0.5) is 5.69 Å². The van der Waals surface area contributed by atoms with E-state index >= 15 is 0 Å². The number of benzene rings is 3. The number of nitrogens with two attached hydrogens (primary N) is 2. The van der Waals surface area contributed by atoms with Gasteiger partial charge in [-0.15, -0.1) is 11.3 Å². The predicted molar refractivity (Wildman–Crippen MR) is 300 cm³/mol. The van der Waals surface area contributed by atoms with E-state index in [1.54, 1.807) is 47.2 Å². The third-order valence-corrected chi connectivity index (χ3v) is 16.0. The van der Waals surface area contributed by atoms with E-state index in [-0.39, 0.29) is 37.6 Å². The SMILES string of the molecule is Cc1ncsc1-c1ccc([C@H](C)NC(=O)[C@@H]2C[C@@H](OC(=O)[C@@H](N)CCCCN)CN2C(=O)[C@@H](NC(=O)COCCCCCNc2ccc(C(=O)NC3C(C)(C)C(Oc4ccc(C#N)c(Cl)c4)C3(C)C)cc2)C(C)(C)C)cc1. The minimum atomic E-state index is -1.03. The van der Waals surface area contributed by atoms with Crippen LogP contribution in [-0.2, 0) is 28.7 Å². The molecule has 0 bridgehead atoms. The number of amides is 4. The van der Waals surface area contributed by atoms with Crippen LogP contribution in [0.3, 0.4) is 0 Å². The number of thiazole rings is 1. The number of carbonyl (C=O) groups is 5. The highest BCUT2D eigenvalue weighted by atomic mass is 35.5. The summed E-state index contributed by atoms with van der Waals surface area (Å²) in [5.41, 5.74) is 16.7. The molecule has 0 unspecified atom stereocenters. The molecule has 17 nitrogen and oxygen atoms in total. The van der Waals surface area contributed by atoms with E-state index in [1.807, 2.05) is 71.0 Å². The Balaban J connectivity index is 0.949. The fraction of sp³-hybridized carbons (Fsp3) is 0.534. The van der Waals surface area contributed by atoms with E-state index < -0.39 is 70.2 Å². The number of halogens is 1. The Morgan fingerprint density at radius 3 is 2.27 bits per heavy atom. The molecule has 1 aromatic heterocycles. The van der Waals surface area contributed by atoms with Gasteiger partial charge in [-0.25, -0.2) is 4.98 Å². The van der Waals surface area contributed by atoms with Gasteiger partial charge in [0, 0.05) is 53.8 Å². The van der Waals surface area contributed by atoms with Crippen molar-refractivity contribution in [3.63, 3.8) is 0 Å². The first-order valence-electron chi connectivity index (χ1n) is 26.6. The molecule has 77 heavy (non-hydrogen) atoms. The van der Waals surface area contributed by atoms with E-state index in [1.165, 1.54) is 4.90 Å². The molecule has 4 aromatic rings. The predicted octanol–water partition coefficient (Wildman–Crippen LogP) is 8.23. The van der Waals surface area contributed by atoms with E-state index in [0.29, 0.717) is 67.3 Å². The van der Waals surface area contributed by atoms with Crippen molar-refractivity contribution < 1.29 is 38.2 Å². The number of carbonyl (C=O) groups excluding carboxylic acids is 5. The quantitative estimate of drug-likeness (QED) is 0.0271. The second-order valence-electron chi connectivity index (χ2n) is 22.6. The van der Waals surface area contributed by atoms with Crippen LogP contribution in [0.1, 0.15) is 134 Å². The number of nitrogens with zero attached hydrogens (tertiary/aromatic N) is 3. The molecule has 2 heterocycles. The van der Waals surface area contributed by atoms with Crippen LogP contribution in [0, 0.1) is 34.5 Å². The molecule has 1 aliphatic heterocycles. The van der Waals surface area contributed by atoms with Gasteiger partial charge in [-0.3, -0.25) is 24.0 Å². The number of rotatable bonds is 25. The van der Waals surface area contributed by atoms with E-state index in [4.69, 9.17) is 37.3 Å². The summed E-state index contributed by atoms with van der Waals surface area (Å²) in [5, 5.41) is 22.2. The molecule has 1 saturated heterocycles. The molecular weight excluding hydrogens is 1020 g/mol. The van der Waals surface area contributed by atoms with Gasteiger partial charge in [-0.1, -0.05) is 90.8 Å². The van der Waals surface area contributed by atoms with E-state index in [9.17, 15) is 29.2 Å². The van der Waals surface area contributed by atoms with Crippen molar-refractivity contribution in [2.45, 2.75) is 150 Å². The number of hydrogen-bond acceptors (Lipinski definition) is 14. The zero-order valence-corrected chi connectivity index (χ0v) is 47.6. The molecule has 416 valence electrons. The number of hydrogen-bond donors (Lipinski definition) is 6. The topological polar surface area (TPSA) is 253 Å². The second kappa shape index (κ2) is 26.5. The maximum absolute atomic E-state index is 14.6. The van der Waals surface area contributed by atoms with Crippen LogP contribution < -0.4 is 37.5 Å². The lowest BCUT2D eigenvalue weighted by molar-refractivity contribution is -0.164. The van der Waals surface area contributed by atoms with Crippen molar-refractivity contribution in [3.05, 3.63) is 99.6 Å². The minimum Gasteiger partial charge on any atom is -0.489 e. The third kappa shape index (κ3) is 15.3. The fourth-order valence-corrected chi connectivity index (χ4v) is 11.6. The number of unbranched alkanes of at least 4 members (excludes halogenated alkanes) is 3. The zero-order valence-electron chi connectivity index (χ0n) is 46.0. The normalized spacial score (nSPS) is 19.6. The summed E-state index contributed by atoms with van der Waals surface area (Å²) in [6.07, 6.45) is 3.17. The van der Waals surface area contributed by atoms with Crippen molar-refractivity contribution in [1.82, 2.24) is 25.8 Å². The molecule has 1 saturated carbocycles. The average molecular weight is 1100 g/mol. The van der Waals surface area contributed by atoms with Crippen molar-refractivity contribution in [2.75, 3.05) is 38.2 Å². The van der Waals surface area contributed by atoms with E-state index in [2.05, 4.69) is 60.0 Å². The first-order valence-corrected chi connectivity index (χ1v) is 27.9. The smallest absolute Gasteiger partial charge is 0.323 e. The summed E-state index contributed by atoms with van der Waals surface area (Å²) >= 11 is 7.81. The van der Waals surface area contributed by atoms with Crippen LogP contribution in [-0.4, -0.2) is 109 Å². The van der Waals surface area contributed by atoms with Crippen molar-refractivity contribution in [3.8, 4) is 22.3 Å². The van der Waals surface area contributed by atoms with Crippen LogP contribution in [0.2, 0.25) is 5.02 Å². The number of aromatic nitrogens is 1. The highest BCUT2D eigenvalue weighted by molar-refractivity contribution is 7.13. The van der Waals surface area contributed by atoms with Gasteiger partial charge in [0.1, 0.15) is 48.8 Å². The van der Waals surface area contributed by atoms with Gasteiger partial charge < -0.3 is 51.8 Å². The molecule has 4 amide bonds. The fourth-order valence-electron chi connectivity index (χ4n) is 10.6. The van der Waals surface area contributed by atoms with E-state index in [0.717, 1.165) is 40.2 Å². The van der Waals surface area contributed by atoms with Gasteiger partial charge in [-0.05, 0) is 105 Å². The number of ether oxygens (including phenoxy) is 3. The van der Waals surface area contributed by atoms with Crippen molar-refractivity contribution in [2.24, 2.45) is 27.7 Å². The molecule has 0 spiro atoms. The van der Waals surface area contributed by atoms with Gasteiger partial charge in [-0.2, -0.15) is 5.26 Å². The summed E-state index contributed by atoms with van der Waals surface area (Å²) in [5.74, 6) is -1.58. The zero-order chi connectivity index (χ0) is 56.2. The first-order chi connectivity index (χ1) is 36.5. The lowest BCUT2D eigenvalue weighted by atomic mass is 9.49. The maximum atomic E-state index is 14.6. The number of nitrogens with one attached hydrogen (secondary N) is 4. The third-order valence-electron chi connectivity index (χ3n) is 14.7. The summed E-state index contributed by atoms with van der Waals surface area (Å²) < 4.78 is 18.0. The van der Waals surface area contributed by atoms with Crippen LogP contribution in [0.15, 0.2) is 72.2 Å². The Morgan fingerprint density at radius 1 is 0.948 bits per heavy atom. The Kier molecular flexibility index (Phi) is 20.7. The molecule has 19 heteroatoms. The van der Waals surface area contributed by atoms with Gasteiger partial charge in [0.25, 0.3) is 5.91 Å². The standard InChI is InChI=1S/C58H78ClN9O8S/c1-35(37-16-18-38(19-17-37)48-36(2)64-34-77-48)65-51(71)46-30-43(75-53(73)45(62)15-11-12-26-60)32-68(46)52(72)49(56(3,4)5)66-47(69)33-74-28-14-10-13-27-63-41-23-20-39(21-24-41)50(70)67-54-57(6,7)55(58(54,8)9)76-42-25-22-40(31-61)44(59)29-42/h16-25,29,34-35,43,45-46,49,54-55,63H,10-15,26-28,30,32-33,60,62H2,1-9H3,(H,65,71)(H,66,69)(H,67,70)/t35-,43+,45-,46-,49+,54?,55?/m0/s1.